The number of hydrogen-bond acceptors (Lipinski definition) is 5. The molecule has 0 saturated carbocycles. The van der Waals surface area contributed by atoms with E-state index in [1.807, 2.05) is 0 Å². The van der Waals surface area contributed by atoms with Crippen molar-refractivity contribution in [1.82, 2.24) is 15.2 Å². The fraction of sp³-hybridized carbons (Fsp3) is 0.182. The number of hydrogen-bond donors (Lipinski definition) is 3. The number of nitrogen functional groups attached to an aromatic ring is 1. The van der Waals surface area contributed by atoms with Gasteiger partial charge >= 0.3 is 0 Å². The van der Waals surface area contributed by atoms with Crippen molar-refractivity contribution in [2.24, 2.45) is 0 Å². The average Bonchev–Trinajstić information content (AvgIpc) is 2.87. The van der Waals surface area contributed by atoms with Gasteiger partial charge in [-0.2, -0.15) is 5.10 Å². The number of halogens is 1. The van der Waals surface area contributed by atoms with Crippen LogP contribution in [0.3, 0.4) is 0 Å². The third-order valence-electron chi connectivity index (χ3n) is 2.23. The van der Waals surface area contributed by atoms with Crippen LogP contribution < -0.4 is 11.1 Å². The number of nitrogens with two attached hydrogens (primary N) is 1. The van der Waals surface area contributed by atoms with Crippen LogP contribution in [-0.4, -0.2) is 26.8 Å². The number of thioether (sulfide) groups is 1. The Balaban J connectivity index is 1.82. The second-order valence-corrected chi connectivity index (χ2v) is 4.76. The highest BCUT2D eigenvalue weighted by atomic mass is 32.2. The smallest absolute Gasteiger partial charge is 0.225 e. The Bertz CT molecular complexity index is 560. The van der Waals surface area contributed by atoms with E-state index in [1.54, 1.807) is 0 Å². The fourth-order valence-corrected chi connectivity index (χ4v) is 2.08. The molecular weight excluding hydrogens is 269 g/mol. The molecule has 100 valence electrons. The average molecular weight is 281 g/mol. The van der Waals surface area contributed by atoms with Gasteiger partial charge in [0.05, 0.1) is 5.69 Å². The predicted molar refractivity (Wildman–Crippen MR) is 71.2 cm³/mol. The van der Waals surface area contributed by atoms with Gasteiger partial charge in [-0.1, -0.05) is 11.8 Å². The van der Waals surface area contributed by atoms with Gasteiger partial charge in [0.1, 0.15) is 12.1 Å². The Morgan fingerprint density at radius 2 is 2.37 bits per heavy atom. The van der Waals surface area contributed by atoms with Gasteiger partial charge in [0.15, 0.2) is 5.16 Å². The van der Waals surface area contributed by atoms with Gasteiger partial charge in [0.25, 0.3) is 0 Å². The molecule has 4 N–H and O–H groups in total. The zero-order valence-corrected chi connectivity index (χ0v) is 10.7. The molecule has 0 aliphatic carbocycles. The number of aromatic nitrogens is 3. The Hall–Kier alpha value is -2.09. The largest absolute Gasteiger partial charge is 0.399 e. The van der Waals surface area contributed by atoms with Crippen molar-refractivity contribution in [2.45, 2.75) is 11.6 Å². The van der Waals surface area contributed by atoms with Gasteiger partial charge in [-0.25, -0.2) is 9.37 Å². The van der Waals surface area contributed by atoms with Crippen molar-refractivity contribution in [2.75, 3.05) is 16.8 Å². The zero-order chi connectivity index (χ0) is 13.7. The summed E-state index contributed by atoms with van der Waals surface area (Å²) >= 11 is 1.36. The van der Waals surface area contributed by atoms with Gasteiger partial charge < -0.3 is 11.1 Å². The topological polar surface area (TPSA) is 96.7 Å². The lowest BCUT2D eigenvalue weighted by Crippen LogP contribution is -2.13. The van der Waals surface area contributed by atoms with Crippen LogP contribution in [-0.2, 0) is 4.79 Å². The normalized spacial score (nSPS) is 10.4. The Kier molecular flexibility index (Phi) is 4.35. The van der Waals surface area contributed by atoms with Crippen LogP contribution in [0.4, 0.5) is 15.8 Å². The molecule has 0 saturated heterocycles. The molecule has 1 aromatic heterocycles. The monoisotopic (exact) mass is 281 g/mol. The molecule has 1 aromatic carbocycles. The number of carbonyl (C=O) groups excluding carboxylic acids is 1. The van der Waals surface area contributed by atoms with E-state index in [9.17, 15) is 9.18 Å². The first-order valence-corrected chi connectivity index (χ1v) is 6.47. The van der Waals surface area contributed by atoms with Crippen LogP contribution in [0.5, 0.6) is 0 Å². The van der Waals surface area contributed by atoms with Crippen molar-refractivity contribution < 1.29 is 9.18 Å². The zero-order valence-electron chi connectivity index (χ0n) is 9.89. The highest BCUT2D eigenvalue weighted by molar-refractivity contribution is 7.99. The van der Waals surface area contributed by atoms with Crippen LogP contribution in [0.2, 0.25) is 0 Å². The maximum absolute atomic E-state index is 13.4. The molecule has 0 unspecified atom stereocenters. The molecule has 1 heterocycles. The number of carbonyl (C=O) groups is 1. The molecule has 0 fully saturated rings. The second-order valence-electron chi connectivity index (χ2n) is 3.68. The van der Waals surface area contributed by atoms with Crippen LogP contribution in [0.1, 0.15) is 6.42 Å². The molecule has 1 amide bonds. The Labute approximate surface area is 113 Å². The van der Waals surface area contributed by atoms with E-state index in [1.165, 1.54) is 36.3 Å². The lowest BCUT2D eigenvalue weighted by Gasteiger charge is -2.06. The van der Waals surface area contributed by atoms with Crippen molar-refractivity contribution in [3.05, 3.63) is 30.3 Å². The van der Waals surface area contributed by atoms with Crippen LogP contribution in [0.15, 0.2) is 29.7 Å². The first-order valence-electron chi connectivity index (χ1n) is 5.48. The van der Waals surface area contributed by atoms with E-state index in [2.05, 4.69) is 20.5 Å². The summed E-state index contributed by atoms with van der Waals surface area (Å²) in [5.74, 6) is -0.271. The maximum atomic E-state index is 13.4. The molecule has 8 heteroatoms. The molecule has 0 aliphatic heterocycles. The number of amides is 1. The van der Waals surface area contributed by atoms with Crippen molar-refractivity contribution >= 4 is 29.0 Å². The summed E-state index contributed by atoms with van der Waals surface area (Å²) in [5.41, 5.74) is 6.01. The standard InChI is InChI=1S/C11H12FN5OS/c12-8-2-1-7(13)5-9(8)16-10(18)3-4-19-11-14-6-15-17-11/h1-2,5-6H,3-4,13H2,(H,16,18)(H,14,15,17). The third-order valence-corrected chi connectivity index (χ3v) is 3.10. The summed E-state index contributed by atoms with van der Waals surface area (Å²) in [6, 6.07) is 4.04. The van der Waals surface area contributed by atoms with E-state index in [4.69, 9.17) is 5.73 Å². The predicted octanol–water partition coefficient (Wildman–Crippen LogP) is 1.65. The molecule has 0 atom stereocenters. The van der Waals surface area contributed by atoms with Crippen LogP contribution in [0, 0.1) is 5.82 Å². The molecule has 0 bridgehead atoms. The fourth-order valence-electron chi connectivity index (χ4n) is 1.36. The molecule has 0 aliphatic rings. The number of aromatic amines is 1. The third kappa shape index (κ3) is 3.95. The summed E-state index contributed by atoms with van der Waals surface area (Å²) in [5, 5.41) is 9.48. The summed E-state index contributed by atoms with van der Waals surface area (Å²) in [6.07, 6.45) is 1.63. The molecule has 2 rings (SSSR count). The SMILES string of the molecule is Nc1ccc(F)c(NC(=O)CCSc2ncn[nH]2)c1. The summed E-state index contributed by atoms with van der Waals surface area (Å²) in [4.78, 5) is 15.5. The number of H-pyrrole nitrogens is 1. The number of rotatable bonds is 5. The van der Waals surface area contributed by atoms with Crippen LogP contribution >= 0.6 is 11.8 Å². The van der Waals surface area contributed by atoms with Gasteiger partial charge in [0.2, 0.25) is 5.91 Å². The van der Waals surface area contributed by atoms with E-state index in [0.717, 1.165) is 0 Å². The highest BCUT2D eigenvalue weighted by Gasteiger charge is 2.08. The van der Waals surface area contributed by atoms with Crippen molar-refractivity contribution in [3.8, 4) is 0 Å². The second kappa shape index (κ2) is 6.19. The first-order chi connectivity index (χ1) is 9.15. The molecule has 2 aromatic rings. The number of benzene rings is 1. The minimum Gasteiger partial charge on any atom is -0.399 e. The number of nitrogens with zero attached hydrogens (tertiary/aromatic N) is 2. The van der Waals surface area contributed by atoms with E-state index in [-0.39, 0.29) is 18.0 Å². The molecular formula is C11H12FN5OS. The molecule has 6 nitrogen and oxygen atoms in total. The first kappa shape index (κ1) is 13.3. The minimum atomic E-state index is -0.509. The molecule has 19 heavy (non-hydrogen) atoms. The Morgan fingerprint density at radius 3 is 3.11 bits per heavy atom. The minimum absolute atomic E-state index is 0.0923. The van der Waals surface area contributed by atoms with E-state index in [0.29, 0.717) is 16.6 Å². The van der Waals surface area contributed by atoms with Crippen LogP contribution in [0.25, 0.3) is 0 Å². The lowest BCUT2D eigenvalue weighted by molar-refractivity contribution is -0.115. The van der Waals surface area contributed by atoms with Crippen molar-refractivity contribution in [1.29, 1.82) is 0 Å². The lowest BCUT2D eigenvalue weighted by atomic mass is 10.2. The Morgan fingerprint density at radius 1 is 1.53 bits per heavy atom. The van der Waals surface area contributed by atoms with Gasteiger partial charge in [0, 0.05) is 17.9 Å². The highest BCUT2D eigenvalue weighted by Crippen LogP contribution is 2.18. The van der Waals surface area contributed by atoms with E-state index < -0.39 is 5.82 Å². The molecule has 0 radical (unpaired) electrons. The quantitative estimate of drug-likeness (QED) is 0.572. The summed E-state index contributed by atoms with van der Waals surface area (Å²) < 4.78 is 13.4. The van der Waals surface area contributed by atoms with Gasteiger partial charge in [-0.05, 0) is 18.2 Å². The number of anilines is 2. The summed E-state index contributed by atoms with van der Waals surface area (Å²) in [7, 11) is 0. The molecule has 0 spiro atoms. The summed E-state index contributed by atoms with van der Waals surface area (Å²) in [6.45, 7) is 0. The van der Waals surface area contributed by atoms with Gasteiger partial charge in [-0.3, -0.25) is 9.89 Å². The van der Waals surface area contributed by atoms with Gasteiger partial charge in [-0.15, -0.1) is 0 Å². The maximum Gasteiger partial charge on any atom is 0.225 e. The number of nitrogens with one attached hydrogen (secondary N) is 2. The van der Waals surface area contributed by atoms with Crippen molar-refractivity contribution in [3.63, 3.8) is 0 Å². The van der Waals surface area contributed by atoms with E-state index >= 15 is 0 Å².